The molecule has 0 aromatic heterocycles. The molecule has 1 atom stereocenters. The molecule has 0 spiro atoms. The lowest BCUT2D eigenvalue weighted by molar-refractivity contribution is -0.121. The largest absolute Gasteiger partial charge is 0.356 e. The number of carbonyl (C=O) groups excluding carboxylic acids is 1. The minimum atomic E-state index is 0. The van der Waals surface area contributed by atoms with E-state index in [0.29, 0.717) is 12.3 Å². The van der Waals surface area contributed by atoms with Crippen LogP contribution >= 0.6 is 28.3 Å². The van der Waals surface area contributed by atoms with Crippen molar-refractivity contribution in [1.29, 1.82) is 0 Å². The van der Waals surface area contributed by atoms with Gasteiger partial charge in [-0.15, -0.1) is 12.4 Å². The van der Waals surface area contributed by atoms with Crippen LogP contribution in [0.1, 0.15) is 24.8 Å². The number of piperidine rings is 1. The molecule has 0 aliphatic carbocycles. The van der Waals surface area contributed by atoms with Gasteiger partial charge in [0.05, 0.1) is 0 Å². The van der Waals surface area contributed by atoms with Gasteiger partial charge in [0.15, 0.2) is 0 Å². The first kappa shape index (κ1) is 17.5. The lowest BCUT2D eigenvalue weighted by Crippen LogP contribution is -2.38. The van der Waals surface area contributed by atoms with Crippen LogP contribution in [0.25, 0.3) is 0 Å². The second kappa shape index (κ2) is 9.37. The minimum absolute atomic E-state index is 0. The fraction of sp³-hybridized carbons (Fsp3) is 0.533. The van der Waals surface area contributed by atoms with Gasteiger partial charge < -0.3 is 10.6 Å². The lowest BCUT2D eigenvalue weighted by Gasteiger charge is -2.22. The van der Waals surface area contributed by atoms with Gasteiger partial charge in [-0.25, -0.2) is 0 Å². The van der Waals surface area contributed by atoms with Crippen LogP contribution in [0.2, 0.25) is 0 Å². The fourth-order valence-electron chi connectivity index (χ4n) is 2.35. The molecule has 1 aliphatic rings. The van der Waals surface area contributed by atoms with E-state index < -0.39 is 0 Å². The molecule has 0 bridgehead atoms. The molecule has 1 aromatic carbocycles. The van der Waals surface area contributed by atoms with Gasteiger partial charge in [-0.3, -0.25) is 4.79 Å². The van der Waals surface area contributed by atoms with Gasteiger partial charge in [-0.2, -0.15) is 0 Å². The Labute approximate surface area is 135 Å². The van der Waals surface area contributed by atoms with Crippen molar-refractivity contribution in [3.05, 3.63) is 34.3 Å². The van der Waals surface area contributed by atoms with Crippen molar-refractivity contribution in [3.63, 3.8) is 0 Å². The first-order valence-electron chi connectivity index (χ1n) is 6.96. The number of hydrogen-bond donors (Lipinski definition) is 2. The number of aryl methyl sites for hydroxylation is 1. The van der Waals surface area contributed by atoms with Gasteiger partial charge in [0.1, 0.15) is 0 Å². The SMILES string of the molecule is Cl.O=C(CCc1ccc(Br)cc1)NCC1CCCNC1. The van der Waals surface area contributed by atoms with E-state index in [9.17, 15) is 4.79 Å². The number of rotatable bonds is 5. The minimum Gasteiger partial charge on any atom is -0.356 e. The van der Waals surface area contributed by atoms with E-state index in [1.54, 1.807) is 0 Å². The summed E-state index contributed by atoms with van der Waals surface area (Å²) in [6.45, 7) is 2.97. The Kier molecular flexibility index (Phi) is 8.19. The number of benzene rings is 1. The van der Waals surface area contributed by atoms with E-state index in [0.717, 1.165) is 30.5 Å². The maximum absolute atomic E-state index is 11.8. The van der Waals surface area contributed by atoms with Crippen LogP contribution in [-0.2, 0) is 11.2 Å². The summed E-state index contributed by atoms with van der Waals surface area (Å²) in [6, 6.07) is 8.15. The Morgan fingerprint density at radius 3 is 2.75 bits per heavy atom. The Hall–Kier alpha value is -0.580. The normalized spacial score (nSPS) is 18.1. The first-order valence-corrected chi connectivity index (χ1v) is 7.75. The van der Waals surface area contributed by atoms with Crippen LogP contribution in [0.4, 0.5) is 0 Å². The van der Waals surface area contributed by atoms with Gasteiger partial charge >= 0.3 is 0 Å². The maximum Gasteiger partial charge on any atom is 0.220 e. The molecule has 112 valence electrons. The molecule has 1 fully saturated rings. The maximum atomic E-state index is 11.8. The fourth-order valence-corrected chi connectivity index (χ4v) is 2.62. The number of halogens is 2. The zero-order valence-corrected chi connectivity index (χ0v) is 13.9. The highest BCUT2D eigenvalue weighted by atomic mass is 79.9. The van der Waals surface area contributed by atoms with Crippen LogP contribution in [0.5, 0.6) is 0 Å². The predicted octanol–water partition coefficient (Wildman–Crippen LogP) is 2.92. The van der Waals surface area contributed by atoms with Crippen LogP contribution in [0.15, 0.2) is 28.7 Å². The second-order valence-corrected chi connectivity index (χ2v) is 6.06. The predicted molar refractivity (Wildman–Crippen MR) is 88.3 cm³/mol. The van der Waals surface area contributed by atoms with E-state index in [1.807, 2.05) is 12.1 Å². The third-order valence-corrected chi connectivity index (χ3v) is 4.07. The molecule has 1 aliphatic heterocycles. The quantitative estimate of drug-likeness (QED) is 0.846. The Morgan fingerprint density at radius 2 is 2.10 bits per heavy atom. The number of carbonyl (C=O) groups is 1. The van der Waals surface area contributed by atoms with Crippen molar-refractivity contribution in [3.8, 4) is 0 Å². The summed E-state index contributed by atoms with van der Waals surface area (Å²) < 4.78 is 1.07. The lowest BCUT2D eigenvalue weighted by atomic mass is 10.00. The van der Waals surface area contributed by atoms with Crippen LogP contribution < -0.4 is 10.6 Å². The molecule has 2 rings (SSSR count). The van der Waals surface area contributed by atoms with Crippen LogP contribution in [-0.4, -0.2) is 25.5 Å². The van der Waals surface area contributed by atoms with Crippen molar-refractivity contribution >= 4 is 34.2 Å². The number of nitrogens with one attached hydrogen (secondary N) is 2. The summed E-state index contributed by atoms with van der Waals surface area (Å²) in [5.74, 6) is 0.763. The Bertz CT molecular complexity index is 405. The molecule has 0 saturated carbocycles. The van der Waals surface area contributed by atoms with Crippen molar-refractivity contribution < 1.29 is 4.79 Å². The first-order chi connectivity index (χ1) is 9.24. The third-order valence-electron chi connectivity index (χ3n) is 3.54. The topological polar surface area (TPSA) is 41.1 Å². The summed E-state index contributed by atoms with van der Waals surface area (Å²) in [6.07, 6.45) is 3.82. The van der Waals surface area contributed by atoms with E-state index in [4.69, 9.17) is 0 Å². The van der Waals surface area contributed by atoms with Crippen molar-refractivity contribution in [2.45, 2.75) is 25.7 Å². The molecular weight excluding hydrogens is 340 g/mol. The highest BCUT2D eigenvalue weighted by Crippen LogP contribution is 2.12. The molecule has 1 saturated heterocycles. The average molecular weight is 362 g/mol. The van der Waals surface area contributed by atoms with Crippen molar-refractivity contribution in [2.24, 2.45) is 5.92 Å². The molecule has 1 heterocycles. The Morgan fingerprint density at radius 1 is 1.35 bits per heavy atom. The molecule has 1 unspecified atom stereocenters. The van der Waals surface area contributed by atoms with Gasteiger partial charge in [0, 0.05) is 17.4 Å². The average Bonchev–Trinajstić information content (AvgIpc) is 2.45. The highest BCUT2D eigenvalue weighted by molar-refractivity contribution is 9.10. The molecule has 2 N–H and O–H groups in total. The number of amides is 1. The smallest absolute Gasteiger partial charge is 0.220 e. The summed E-state index contributed by atoms with van der Waals surface area (Å²) in [7, 11) is 0. The van der Waals surface area contributed by atoms with E-state index in [1.165, 1.54) is 18.4 Å². The highest BCUT2D eigenvalue weighted by Gasteiger charge is 2.13. The molecule has 1 aromatic rings. The summed E-state index contributed by atoms with van der Waals surface area (Å²) >= 11 is 3.41. The summed E-state index contributed by atoms with van der Waals surface area (Å²) in [5, 5.41) is 6.41. The molecule has 20 heavy (non-hydrogen) atoms. The van der Waals surface area contributed by atoms with E-state index in [2.05, 4.69) is 38.7 Å². The summed E-state index contributed by atoms with van der Waals surface area (Å²) in [4.78, 5) is 11.8. The Balaban J connectivity index is 0.00000200. The van der Waals surface area contributed by atoms with Gasteiger partial charge in [-0.1, -0.05) is 28.1 Å². The van der Waals surface area contributed by atoms with Gasteiger partial charge in [-0.05, 0) is 56.0 Å². The zero-order chi connectivity index (χ0) is 13.5. The summed E-state index contributed by atoms with van der Waals surface area (Å²) in [5.41, 5.74) is 1.21. The zero-order valence-electron chi connectivity index (χ0n) is 11.5. The van der Waals surface area contributed by atoms with E-state index in [-0.39, 0.29) is 18.3 Å². The molecule has 1 amide bonds. The van der Waals surface area contributed by atoms with E-state index >= 15 is 0 Å². The molecule has 5 heteroatoms. The molecular formula is C15H22BrClN2O. The molecule has 0 radical (unpaired) electrons. The van der Waals surface area contributed by atoms with Gasteiger partial charge in [0.2, 0.25) is 5.91 Å². The third kappa shape index (κ3) is 6.25. The van der Waals surface area contributed by atoms with Crippen molar-refractivity contribution in [2.75, 3.05) is 19.6 Å². The van der Waals surface area contributed by atoms with Crippen LogP contribution in [0, 0.1) is 5.92 Å². The standard InChI is InChI=1S/C15H21BrN2O.ClH/c16-14-6-3-12(4-7-14)5-8-15(19)18-11-13-2-1-9-17-10-13;/h3-4,6-7,13,17H,1-2,5,8-11H2,(H,18,19);1H. The van der Waals surface area contributed by atoms with Gasteiger partial charge in [0.25, 0.3) is 0 Å². The monoisotopic (exact) mass is 360 g/mol. The second-order valence-electron chi connectivity index (χ2n) is 5.14. The number of hydrogen-bond acceptors (Lipinski definition) is 2. The molecule has 3 nitrogen and oxygen atoms in total. The van der Waals surface area contributed by atoms with Crippen LogP contribution in [0.3, 0.4) is 0 Å². The van der Waals surface area contributed by atoms with Crippen molar-refractivity contribution in [1.82, 2.24) is 10.6 Å².